The van der Waals surface area contributed by atoms with Crippen LogP contribution in [0.4, 0.5) is 0 Å². The molecule has 0 amide bonds. The van der Waals surface area contributed by atoms with E-state index in [1.807, 2.05) is 13.8 Å². The number of ether oxygens (including phenoxy) is 5. The lowest BCUT2D eigenvalue weighted by molar-refractivity contribution is -0.157. The number of hydrogen-bond acceptors (Lipinski definition) is 12. The van der Waals surface area contributed by atoms with Crippen molar-refractivity contribution in [2.45, 2.75) is 133 Å². The summed E-state index contributed by atoms with van der Waals surface area (Å²) in [6, 6.07) is 0. The minimum absolute atomic E-state index is 0.000741. The molecule has 2 fully saturated rings. The number of esters is 3. The van der Waals surface area contributed by atoms with Crippen LogP contribution < -0.4 is 0 Å². The average molecular weight is 786 g/mol. The fraction of sp³-hybridized carbons (Fsp3) is 0.705. The van der Waals surface area contributed by atoms with Crippen LogP contribution >= 0.6 is 0 Å². The van der Waals surface area contributed by atoms with E-state index in [4.69, 9.17) is 18.9 Å². The van der Waals surface area contributed by atoms with Gasteiger partial charge in [-0.25, -0.2) is 9.59 Å². The Bertz CT molecular complexity index is 1500. The number of ketones is 3. The lowest BCUT2D eigenvalue weighted by Crippen LogP contribution is -2.34. The van der Waals surface area contributed by atoms with Crippen LogP contribution in [0.3, 0.4) is 0 Å². The molecule has 0 bridgehead atoms. The second kappa shape index (κ2) is 24.5. The standard InChI is InChI=1S/C13H17NO3.C12H16O5.C12H18O3.C7H16/c1-3-16-11-7-5-6-9-10(11)8-14-12(9)13(15)17-4-2;1-3-16-9-7-5-6-8(10(9)13)11(14)12(15)17-4-2;1-2-15-12(14)10-7-6-9-8(10)4-3-5-11(9)13;1-5-6-7(2,3)4/h7H,3-6,8H2,1-2H3;7-8H,3-6H2,1-2H3;8-10H,2-7H2,1H3;5-6H2,1-4H3. The van der Waals surface area contributed by atoms with Crippen LogP contribution in [-0.4, -0.2) is 80.5 Å². The molecule has 0 N–H and O–H groups in total. The molecule has 0 aromatic heterocycles. The van der Waals surface area contributed by atoms with Crippen LogP contribution in [0.15, 0.2) is 39.8 Å². The van der Waals surface area contributed by atoms with Gasteiger partial charge in [0.2, 0.25) is 5.78 Å². The van der Waals surface area contributed by atoms with E-state index in [-0.39, 0.29) is 42.1 Å². The Hall–Kier alpha value is -4.09. The molecule has 314 valence electrons. The zero-order chi connectivity index (χ0) is 41.8. The van der Waals surface area contributed by atoms with Crippen molar-refractivity contribution in [3.8, 4) is 0 Å². The summed E-state index contributed by atoms with van der Waals surface area (Å²) in [6.07, 6.45) is 13.5. The largest absolute Gasteiger partial charge is 0.494 e. The predicted molar refractivity (Wildman–Crippen MR) is 214 cm³/mol. The van der Waals surface area contributed by atoms with Crippen molar-refractivity contribution < 1.29 is 52.5 Å². The molecule has 4 aliphatic carbocycles. The molecular weight excluding hydrogens is 718 g/mol. The number of Topliss-reactive ketones (excluding diaryl/α,β-unsaturated/α-hetero) is 3. The van der Waals surface area contributed by atoms with Crippen molar-refractivity contribution >= 4 is 41.0 Å². The first-order chi connectivity index (χ1) is 26.7. The van der Waals surface area contributed by atoms with Gasteiger partial charge in [-0.05, 0) is 121 Å². The van der Waals surface area contributed by atoms with E-state index in [1.54, 1.807) is 26.8 Å². The monoisotopic (exact) mass is 785 g/mol. The van der Waals surface area contributed by atoms with Crippen LogP contribution in [0.2, 0.25) is 0 Å². The van der Waals surface area contributed by atoms with Crippen LogP contribution in [-0.2, 0) is 52.5 Å². The van der Waals surface area contributed by atoms with Gasteiger partial charge in [0.1, 0.15) is 17.3 Å². The number of carbonyl (C=O) groups excluding carboxylic acids is 6. The summed E-state index contributed by atoms with van der Waals surface area (Å²) in [5.74, 6) is -1.59. The summed E-state index contributed by atoms with van der Waals surface area (Å²) in [5, 5.41) is 0. The van der Waals surface area contributed by atoms with Gasteiger partial charge in [0.05, 0.1) is 51.4 Å². The van der Waals surface area contributed by atoms with Crippen LogP contribution in [0.1, 0.15) is 133 Å². The summed E-state index contributed by atoms with van der Waals surface area (Å²) < 4.78 is 25.4. The fourth-order valence-electron chi connectivity index (χ4n) is 7.67. The van der Waals surface area contributed by atoms with Crippen molar-refractivity contribution in [1.82, 2.24) is 0 Å². The Morgan fingerprint density at radius 1 is 0.732 bits per heavy atom. The molecule has 0 saturated heterocycles. The first-order valence-electron chi connectivity index (χ1n) is 20.7. The highest BCUT2D eigenvalue weighted by Gasteiger charge is 2.45. The smallest absolute Gasteiger partial charge is 0.375 e. The Kier molecular flexibility index (Phi) is 21.0. The second-order valence-electron chi connectivity index (χ2n) is 15.3. The van der Waals surface area contributed by atoms with Crippen molar-refractivity contribution in [3.05, 3.63) is 34.8 Å². The van der Waals surface area contributed by atoms with E-state index in [0.717, 1.165) is 61.9 Å². The first-order valence-corrected chi connectivity index (χ1v) is 20.7. The second-order valence-corrected chi connectivity index (χ2v) is 15.3. The highest BCUT2D eigenvalue weighted by atomic mass is 16.5. The molecule has 0 aromatic rings. The maximum atomic E-state index is 11.8. The maximum absolute atomic E-state index is 11.8. The SMILES string of the molecule is CCCC(C)(C)C.CCOC(=O)C(=O)C1CCC=C(OCC)C1=O.CCOC(=O)C1=NCC2=C1CCC=C2OCC.CCOC(=O)C1CCC2C(=O)CCCC21. The number of hydrogen-bond donors (Lipinski definition) is 0. The Morgan fingerprint density at radius 3 is 1.96 bits per heavy atom. The third-order valence-electron chi connectivity index (χ3n) is 10.1. The maximum Gasteiger partial charge on any atom is 0.375 e. The molecule has 56 heavy (non-hydrogen) atoms. The van der Waals surface area contributed by atoms with E-state index in [1.165, 1.54) is 12.8 Å². The van der Waals surface area contributed by atoms with E-state index >= 15 is 0 Å². The third kappa shape index (κ3) is 14.4. The number of rotatable bonds is 12. The van der Waals surface area contributed by atoms with Crippen molar-refractivity contribution in [2.24, 2.45) is 34.1 Å². The molecule has 5 aliphatic rings. The molecule has 12 nitrogen and oxygen atoms in total. The number of nitrogens with zero attached hydrogens (tertiary/aromatic N) is 1. The van der Waals surface area contributed by atoms with E-state index < -0.39 is 23.5 Å². The topological polar surface area (TPSA) is 161 Å². The van der Waals surface area contributed by atoms with Crippen molar-refractivity contribution in [2.75, 3.05) is 39.6 Å². The van der Waals surface area contributed by atoms with Gasteiger partial charge in [0.25, 0.3) is 5.78 Å². The lowest BCUT2D eigenvalue weighted by Gasteiger charge is -2.27. The zero-order valence-corrected chi connectivity index (χ0v) is 35.4. The summed E-state index contributed by atoms with van der Waals surface area (Å²) in [6.45, 7) is 20.5. The van der Waals surface area contributed by atoms with Gasteiger partial charge >= 0.3 is 17.9 Å². The van der Waals surface area contributed by atoms with Gasteiger partial charge in [0, 0.05) is 17.9 Å². The predicted octanol–water partition coefficient (Wildman–Crippen LogP) is 7.81. The van der Waals surface area contributed by atoms with Crippen LogP contribution in [0.25, 0.3) is 0 Å². The number of aliphatic imine (C=N–C) groups is 1. The lowest BCUT2D eigenvalue weighted by atomic mass is 9.77. The number of allylic oxidation sites excluding steroid dienone is 3. The summed E-state index contributed by atoms with van der Waals surface area (Å²) in [4.78, 5) is 74.1. The molecule has 0 radical (unpaired) electrons. The summed E-state index contributed by atoms with van der Waals surface area (Å²) in [5.41, 5.74) is 3.11. The molecule has 4 unspecified atom stereocenters. The van der Waals surface area contributed by atoms with Crippen molar-refractivity contribution in [1.29, 1.82) is 0 Å². The molecule has 2 saturated carbocycles. The normalized spacial score (nSPS) is 22.4. The summed E-state index contributed by atoms with van der Waals surface area (Å²) in [7, 11) is 0. The summed E-state index contributed by atoms with van der Waals surface area (Å²) >= 11 is 0. The molecule has 1 aliphatic heterocycles. The molecule has 12 heteroatoms. The number of fused-ring (bicyclic) bond motifs is 1. The molecule has 5 rings (SSSR count). The molecule has 0 aromatic carbocycles. The quantitative estimate of drug-likeness (QED) is 0.0822. The minimum Gasteiger partial charge on any atom is -0.494 e. The highest BCUT2D eigenvalue weighted by molar-refractivity contribution is 6.44. The fourth-order valence-corrected chi connectivity index (χ4v) is 7.67. The Morgan fingerprint density at radius 2 is 1.38 bits per heavy atom. The van der Waals surface area contributed by atoms with Crippen LogP contribution in [0.5, 0.6) is 0 Å². The van der Waals surface area contributed by atoms with Gasteiger partial charge < -0.3 is 23.7 Å². The number of carbonyl (C=O) groups is 6. The first kappa shape index (κ1) is 48.1. The van der Waals surface area contributed by atoms with Crippen LogP contribution in [0, 0.1) is 29.1 Å². The van der Waals surface area contributed by atoms with Crippen molar-refractivity contribution in [3.63, 3.8) is 0 Å². The molecule has 1 heterocycles. The van der Waals surface area contributed by atoms with Gasteiger partial charge in [-0.3, -0.25) is 24.2 Å². The third-order valence-corrected chi connectivity index (χ3v) is 10.1. The average Bonchev–Trinajstić information content (AvgIpc) is 3.80. The van der Waals surface area contributed by atoms with E-state index in [9.17, 15) is 28.8 Å². The van der Waals surface area contributed by atoms with Gasteiger partial charge in [-0.1, -0.05) is 34.1 Å². The Balaban J connectivity index is 0.000000268. The molecular formula is C44H67NO11. The Labute approximate surface area is 334 Å². The molecule has 0 spiro atoms. The van der Waals surface area contributed by atoms with Gasteiger partial charge in [-0.15, -0.1) is 0 Å². The van der Waals surface area contributed by atoms with E-state index in [0.29, 0.717) is 62.7 Å². The highest BCUT2D eigenvalue weighted by Crippen LogP contribution is 2.44. The van der Waals surface area contributed by atoms with Gasteiger partial charge in [0.15, 0.2) is 5.76 Å². The van der Waals surface area contributed by atoms with E-state index in [2.05, 4.69) is 43.5 Å². The van der Waals surface area contributed by atoms with Gasteiger partial charge in [-0.2, -0.15) is 0 Å². The minimum atomic E-state index is -0.944. The zero-order valence-electron chi connectivity index (χ0n) is 35.4. The molecule has 4 atom stereocenters.